The second-order valence-electron chi connectivity index (χ2n) is 6.81. The standard InChI is InChI=1S/C20H31N3OS2/c1-4-5-6-7-8-9-10-11-12-13-18(24)23-20-22-17(14-25-20)19-15(2)21-16(3)26-19/h14H,4-13H2,1-3H3,(H,22,23,24). The number of anilines is 1. The van der Waals surface area contributed by atoms with Crippen molar-refractivity contribution in [2.24, 2.45) is 0 Å². The zero-order valence-electron chi connectivity index (χ0n) is 16.3. The number of amides is 1. The highest BCUT2D eigenvalue weighted by atomic mass is 32.1. The molecule has 2 heterocycles. The number of aryl methyl sites for hydroxylation is 2. The molecule has 0 saturated carbocycles. The van der Waals surface area contributed by atoms with E-state index >= 15 is 0 Å². The minimum Gasteiger partial charge on any atom is -0.302 e. The predicted octanol–water partition coefficient (Wildman–Crippen LogP) is 6.74. The maximum Gasteiger partial charge on any atom is 0.226 e. The van der Waals surface area contributed by atoms with Crippen molar-refractivity contribution in [2.45, 2.75) is 85.0 Å². The Kier molecular flexibility index (Phi) is 9.26. The van der Waals surface area contributed by atoms with Crippen LogP contribution in [0.2, 0.25) is 0 Å². The fraction of sp³-hybridized carbons (Fsp3) is 0.650. The summed E-state index contributed by atoms with van der Waals surface area (Å²) in [4.78, 5) is 22.2. The lowest BCUT2D eigenvalue weighted by Crippen LogP contribution is -2.10. The summed E-state index contributed by atoms with van der Waals surface area (Å²) < 4.78 is 0. The van der Waals surface area contributed by atoms with Crippen LogP contribution in [0.5, 0.6) is 0 Å². The third-order valence-corrected chi connectivity index (χ3v) is 6.25. The normalized spacial score (nSPS) is 11.0. The van der Waals surface area contributed by atoms with Gasteiger partial charge in [0.2, 0.25) is 5.91 Å². The largest absolute Gasteiger partial charge is 0.302 e. The molecule has 2 aromatic heterocycles. The molecule has 4 nitrogen and oxygen atoms in total. The van der Waals surface area contributed by atoms with E-state index in [0.29, 0.717) is 11.6 Å². The fourth-order valence-corrected chi connectivity index (χ4v) is 4.66. The summed E-state index contributed by atoms with van der Waals surface area (Å²) in [5, 5.41) is 6.66. The Morgan fingerprint density at radius 3 is 2.27 bits per heavy atom. The lowest BCUT2D eigenvalue weighted by molar-refractivity contribution is -0.116. The van der Waals surface area contributed by atoms with Crippen LogP contribution < -0.4 is 5.32 Å². The molecule has 0 aliphatic rings. The van der Waals surface area contributed by atoms with Gasteiger partial charge in [0.15, 0.2) is 5.13 Å². The quantitative estimate of drug-likeness (QED) is 0.406. The van der Waals surface area contributed by atoms with Crippen molar-refractivity contribution in [1.82, 2.24) is 9.97 Å². The molecular formula is C20H31N3OS2. The maximum absolute atomic E-state index is 12.1. The van der Waals surface area contributed by atoms with Gasteiger partial charge in [-0.25, -0.2) is 9.97 Å². The summed E-state index contributed by atoms with van der Waals surface area (Å²) in [6, 6.07) is 0. The number of nitrogens with zero attached hydrogens (tertiary/aromatic N) is 2. The van der Waals surface area contributed by atoms with E-state index in [0.717, 1.165) is 34.1 Å². The average Bonchev–Trinajstić information content (AvgIpc) is 3.19. The van der Waals surface area contributed by atoms with E-state index < -0.39 is 0 Å². The topological polar surface area (TPSA) is 54.9 Å². The van der Waals surface area contributed by atoms with E-state index in [1.165, 1.54) is 56.3 Å². The lowest BCUT2D eigenvalue weighted by Gasteiger charge is -2.03. The number of hydrogen-bond acceptors (Lipinski definition) is 5. The van der Waals surface area contributed by atoms with Gasteiger partial charge in [-0.1, -0.05) is 58.3 Å². The molecule has 144 valence electrons. The Hall–Kier alpha value is -1.27. The molecule has 0 unspecified atom stereocenters. The summed E-state index contributed by atoms with van der Waals surface area (Å²) in [5.74, 6) is 0.0750. The lowest BCUT2D eigenvalue weighted by atomic mass is 10.1. The molecule has 0 atom stereocenters. The summed E-state index contributed by atoms with van der Waals surface area (Å²) in [7, 11) is 0. The van der Waals surface area contributed by atoms with Gasteiger partial charge in [-0.05, 0) is 20.3 Å². The van der Waals surface area contributed by atoms with Crippen LogP contribution in [0.4, 0.5) is 5.13 Å². The number of rotatable bonds is 12. The van der Waals surface area contributed by atoms with E-state index in [1.54, 1.807) is 11.3 Å². The van der Waals surface area contributed by atoms with Crippen molar-refractivity contribution < 1.29 is 4.79 Å². The summed E-state index contributed by atoms with van der Waals surface area (Å²) in [6.45, 7) is 6.25. The van der Waals surface area contributed by atoms with Crippen molar-refractivity contribution in [2.75, 3.05) is 5.32 Å². The van der Waals surface area contributed by atoms with Crippen molar-refractivity contribution in [1.29, 1.82) is 0 Å². The zero-order chi connectivity index (χ0) is 18.8. The molecule has 6 heteroatoms. The molecule has 2 aromatic rings. The summed E-state index contributed by atoms with van der Waals surface area (Å²) in [5.41, 5.74) is 1.92. The van der Waals surface area contributed by atoms with E-state index in [9.17, 15) is 4.79 Å². The van der Waals surface area contributed by atoms with Crippen molar-refractivity contribution >= 4 is 33.7 Å². The molecule has 1 amide bonds. The van der Waals surface area contributed by atoms with E-state index in [2.05, 4.69) is 22.2 Å². The third-order valence-electron chi connectivity index (χ3n) is 4.39. The van der Waals surface area contributed by atoms with E-state index in [4.69, 9.17) is 0 Å². The second-order valence-corrected chi connectivity index (χ2v) is 8.87. The van der Waals surface area contributed by atoms with Gasteiger partial charge in [0.1, 0.15) is 0 Å². The second kappa shape index (κ2) is 11.4. The van der Waals surface area contributed by atoms with Gasteiger partial charge in [0.25, 0.3) is 0 Å². The first-order valence-corrected chi connectivity index (χ1v) is 11.5. The Balaban J connectivity index is 1.62. The number of nitrogens with one attached hydrogen (secondary N) is 1. The van der Waals surface area contributed by atoms with Crippen LogP contribution in [0.3, 0.4) is 0 Å². The molecule has 0 fully saturated rings. The minimum atomic E-state index is 0.0750. The monoisotopic (exact) mass is 393 g/mol. The molecule has 0 spiro atoms. The number of thiazole rings is 2. The zero-order valence-corrected chi connectivity index (χ0v) is 17.9. The summed E-state index contributed by atoms with van der Waals surface area (Å²) >= 11 is 3.13. The number of unbranched alkanes of at least 4 members (excludes halogenated alkanes) is 8. The molecule has 0 saturated heterocycles. The highest BCUT2D eigenvalue weighted by Crippen LogP contribution is 2.32. The molecule has 0 bridgehead atoms. The number of aromatic nitrogens is 2. The molecular weight excluding hydrogens is 362 g/mol. The average molecular weight is 394 g/mol. The molecule has 0 radical (unpaired) electrons. The van der Waals surface area contributed by atoms with Gasteiger partial charge >= 0.3 is 0 Å². The first-order chi connectivity index (χ1) is 12.6. The number of carbonyl (C=O) groups excluding carboxylic acids is 1. The van der Waals surface area contributed by atoms with Gasteiger partial charge in [-0.3, -0.25) is 4.79 Å². The van der Waals surface area contributed by atoms with Crippen LogP contribution in [0.1, 0.15) is 81.8 Å². The highest BCUT2D eigenvalue weighted by Gasteiger charge is 2.12. The minimum absolute atomic E-state index is 0.0750. The Bertz CT molecular complexity index is 678. The fourth-order valence-electron chi connectivity index (χ4n) is 2.98. The van der Waals surface area contributed by atoms with Gasteiger partial charge < -0.3 is 5.32 Å². The van der Waals surface area contributed by atoms with Crippen molar-refractivity contribution in [3.8, 4) is 10.6 Å². The van der Waals surface area contributed by atoms with Crippen LogP contribution in [0.25, 0.3) is 10.6 Å². The van der Waals surface area contributed by atoms with Crippen molar-refractivity contribution in [3.05, 3.63) is 16.1 Å². The SMILES string of the molecule is CCCCCCCCCCCC(=O)Nc1nc(-c2sc(C)nc2C)cs1. The third kappa shape index (κ3) is 7.16. The van der Waals surface area contributed by atoms with Gasteiger partial charge in [0, 0.05) is 11.8 Å². The molecule has 0 aliphatic heterocycles. The highest BCUT2D eigenvalue weighted by molar-refractivity contribution is 7.16. The van der Waals surface area contributed by atoms with Gasteiger partial charge in [-0.15, -0.1) is 22.7 Å². The first kappa shape index (κ1) is 21.0. The van der Waals surface area contributed by atoms with Crippen LogP contribution >= 0.6 is 22.7 Å². The van der Waals surface area contributed by atoms with Crippen LogP contribution in [0.15, 0.2) is 5.38 Å². The van der Waals surface area contributed by atoms with Crippen LogP contribution in [-0.4, -0.2) is 15.9 Å². The maximum atomic E-state index is 12.1. The molecule has 2 rings (SSSR count). The Morgan fingerprint density at radius 1 is 1.00 bits per heavy atom. The summed E-state index contributed by atoms with van der Waals surface area (Å²) in [6.07, 6.45) is 12.0. The van der Waals surface area contributed by atoms with E-state index in [-0.39, 0.29) is 5.91 Å². The van der Waals surface area contributed by atoms with Gasteiger partial charge in [0.05, 0.1) is 21.3 Å². The molecule has 0 aromatic carbocycles. The predicted molar refractivity (Wildman–Crippen MR) is 113 cm³/mol. The first-order valence-electron chi connectivity index (χ1n) is 9.80. The molecule has 1 N–H and O–H groups in total. The Morgan fingerprint density at radius 2 is 1.65 bits per heavy atom. The Labute approximate surface area is 165 Å². The van der Waals surface area contributed by atoms with Crippen molar-refractivity contribution in [3.63, 3.8) is 0 Å². The molecule has 26 heavy (non-hydrogen) atoms. The van der Waals surface area contributed by atoms with Crippen LogP contribution in [-0.2, 0) is 4.79 Å². The molecule has 0 aliphatic carbocycles. The number of carbonyl (C=O) groups is 1. The van der Waals surface area contributed by atoms with E-state index in [1.807, 2.05) is 19.2 Å². The van der Waals surface area contributed by atoms with Crippen LogP contribution in [0, 0.1) is 13.8 Å². The smallest absolute Gasteiger partial charge is 0.226 e. The number of hydrogen-bond donors (Lipinski definition) is 1. The van der Waals surface area contributed by atoms with Gasteiger partial charge in [-0.2, -0.15) is 0 Å².